The van der Waals surface area contributed by atoms with Gasteiger partial charge in [0.2, 0.25) is 0 Å². The average Bonchev–Trinajstić information content (AvgIpc) is 2.26. The summed E-state index contributed by atoms with van der Waals surface area (Å²) < 4.78 is 0.887. The van der Waals surface area contributed by atoms with Gasteiger partial charge in [0, 0.05) is 36.1 Å². The SMILES string of the molecule is CCc1nc(Br)cc(N2CC(C)SC(C)C2)n1. The zero-order chi connectivity index (χ0) is 12.4. The lowest BCUT2D eigenvalue weighted by Gasteiger charge is -2.35. The number of anilines is 1. The standard InChI is InChI=1S/C12H18BrN3S/c1-4-11-14-10(13)5-12(15-11)16-6-8(2)17-9(3)7-16/h5,8-9H,4,6-7H2,1-3H3. The van der Waals surface area contributed by atoms with E-state index in [2.05, 4.69) is 63.3 Å². The van der Waals surface area contributed by atoms with Gasteiger partial charge in [0.15, 0.2) is 0 Å². The molecule has 0 spiro atoms. The molecule has 2 atom stereocenters. The summed E-state index contributed by atoms with van der Waals surface area (Å²) in [6.07, 6.45) is 0.875. The fourth-order valence-electron chi connectivity index (χ4n) is 2.14. The number of rotatable bonds is 2. The zero-order valence-electron chi connectivity index (χ0n) is 10.5. The van der Waals surface area contributed by atoms with Crippen LogP contribution in [0.5, 0.6) is 0 Å². The van der Waals surface area contributed by atoms with E-state index < -0.39 is 0 Å². The van der Waals surface area contributed by atoms with Crippen molar-refractivity contribution in [2.45, 2.75) is 37.7 Å². The van der Waals surface area contributed by atoms with Crippen LogP contribution in [0, 0.1) is 0 Å². The summed E-state index contributed by atoms with van der Waals surface area (Å²) >= 11 is 5.52. The summed E-state index contributed by atoms with van der Waals surface area (Å²) in [5.41, 5.74) is 0. The zero-order valence-corrected chi connectivity index (χ0v) is 12.9. The van der Waals surface area contributed by atoms with Crippen molar-refractivity contribution in [1.29, 1.82) is 0 Å². The predicted octanol–water partition coefficient (Wildman–Crippen LogP) is 3.13. The number of hydrogen-bond acceptors (Lipinski definition) is 4. The van der Waals surface area contributed by atoms with Crippen molar-refractivity contribution < 1.29 is 0 Å². The maximum absolute atomic E-state index is 4.62. The number of aromatic nitrogens is 2. The lowest BCUT2D eigenvalue weighted by Crippen LogP contribution is -2.41. The molecule has 0 aliphatic carbocycles. The molecule has 5 heteroatoms. The fraction of sp³-hybridized carbons (Fsp3) is 0.667. The van der Waals surface area contributed by atoms with Crippen LogP contribution >= 0.6 is 27.7 Å². The highest BCUT2D eigenvalue weighted by molar-refractivity contribution is 9.10. The van der Waals surface area contributed by atoms with Crippen molar-refractivity contribution in [3.63, 3.8) is 0 Å². The highest BCUT2D eigenvalue weighted by Crippen LogP contribution is 2.28. The third-order valence-corrected chi connectivity index (χ3v) is 4.42. The summed E-state index contributed by atoms with van der Waals surface area (Å²) in [7, 11) is 0. The van der Waals surface area contributed by atoms with Gasteiger partial charge in [-0.1, -0.05) is 20.8 Å². The van der Waals surface area contributed by atoms with E-state index in [9.17, 15) is 0 Å². The van der Waals surface area contributed by atoms with Gasteiger partial charge in [-0.25, -0.2) is 9.97 Å². The molecule has 1 fully saturated rings. The van der Waals surface area contributed by atoms with Crippen LogP contribution in [0.25, 0.3) is 0 Å². The van der Waals surface area contributed by atoms with Crippen LogP contribution in [0.3, 0.4) is 0 Å². The number of hydrogen-bond donors (Lipinski definition) is 0. The Balaban J connectivity index is 2.23. The predicted molar refractivity (Wildman–Crippen MR) is 77.8 cm³/mol. The minimum atomic E-state index is 0.664. The Morgan fingerprint density at radius 2 is 2.00 bits per heavy atom. The second kappa shape index (κ2) is 5.57. The number of halogens is 1. The topological polar surface area (TPSA) is 29.0 Å². The number of thioether (sulfide) groups is 1. The van der Waals surface area contributed by atoms with Crippen LogP contribution in [0.15, 0.2) is 10.7 Å². The van der Waals surface area contributed by atoms with E-state index in [0.29, 0.717) is 10.5 Å². The quantitative estimate of drug-likeness (QED) is 0.784. The molecule has 0 aromatic carbocycles. The molecule has 1 saturated heterocycles. The van der Waals surface area contributed by atoms with Crippen molar-refractivity contribution in [3.8, 4) is 0 Å². The molecule has 1 aromatic heterocycles. The van der Waals surface area contributed by atoms with Gasteiger partial charge < -0.3 is 4.90 Å². The van der Waals surface area contributed by atoms with E-state index in [0.717, 1.165) is 35.8 Å². The van der Waals surface area contributed by atoms with Crippen molar-refractivity contribution in [2.24, 2.45) is 0 Å². The molecule has 0 N–H and O–H groups in total. The summed E-state index contributed by atoms with van der Waals surface area (Å²) in [5.74, 6) is 1.97. The van der Waals surface area contributed by atoms with Crippen molar-refractivity contribution >= 4 is 33.5 Å². The van der Waals surface area contributed by atoms with Crippen LogP contribution in [0.4, 0.5) is 5.82 Å². The molecule has 2 unspecified atom stereocenters. The van der Waals surface area contributed by atoms with E-state index in [1.165, 1.54) is 0 Å². The number of nitrogens with zero attached hydrogens (tertiary/aromatic N) is 3. The van der Waals surface area contributed by atoms with E-state index in [-0.39, 0.29) is 0 Å². The minimum absolute atomic E-state index is 0.664. The van der Waals surface area contributed by atoms with Gasteiger partial charge in [-0.2, -0.15) is 11.8 Å². The molecular formula is C12H18BrN3S. The maximum Gasteiger partial charge on any atom is 0.133 e. The Bertz CT molecular complexity index is 389. The largest absolute Gasteiger partial charge is 0.354 e. The second-order valence-electron chi connectivity index (χ2n) is 4.48. The molecule has 2 rings (SSSR count). The van der Waals surface area contributed by atoms with Crippen LogP contribution in [0.2, 0.25) is 0 Å². The Hall–Kier alpha value is -0.290. The third kappa shape index (κ3) is 3.35. The third-order valence-electron chi connectivity index (χ3n) is 2.79. The van der Waals surface area contributed by atoms with E-state index in [1.54, 1.807) is 0 Å². The first-order chi connectivity index (χ1) is 8.08. The van der Waals surface area contributed by atoms with Gasteiger partial charge in [-0.3, -0.25) is 0 Å². The fourth-order valence-corrected chi connectivity index (χ4v) is 3.87. The monoisotopic (exact) mass is 315 g/mol. The average molecular weight is 316 g/mol. The molecule has 0 radical (unpaired) electrons. The summed E-state index contributed by atoms with van der Waals surface area (Å²) in [4.78, 5) is 11.4. The Labute approximate surface area is 116 Å². The van der Waals surface area contributed by atoms with Gasteiger partial charge in [-0.05, 0) is 15.9 Å². The van der Waals surface area contributed by atoms with Gasteiger partial charge >= 0.3 is 0 Å². The smallest absolute Gasteiger partial charge is 0.133 e. The summed E-state index contributed by atoms with van der Waals surface area (Å²) in [6, 6.07) is 2.02. The first-order valence-corrected chi connectivity index (χ1v) is 7.76. The lowest BCUT2D eigenvalue weighted by atomic mass is 10.3. The second-order valence-corrected chi connectivity index (χ2v) is 7.18. The van der Waals surface area contributed by atoms with E-state index >= 15 is 0 Å². The Morgan fingerprint density at radius 3 is 2.59 bits per heavy atom. The molecule has 1 aliphatic heterocycles. The maximum atomic E-state index is 4.62. The molecule has 1 aromatic rings. The molecule has 17 heavy (non-hydrogen) atoms. The van der Waals surface area contributed by atoms with Gasteiger partial charge in [-0.15, -0.1) is 0 Å². The summed E-state index contributed by atoms with van der Waals surface area (Å²) in [6.45, 7) is 8.79. The Morgan fingerprint density at radius 1 is 1.35 bits per heavy atom. The first kappa shape index (κ1) is 13.1. The van der Waals surface area contributed by atoms with Crippen molar-refractivity contribution in [2.75, 3.05) is 18.0 Å². The van der Waals surface area contributed by atoms with E-state index in [1.807, 2.05) is 6.07 Å². The molecular weight excluding hydrogens is 298 g/mol. The van der Waals surface area contributed by atoms with Crippen LogP contribution in [-0.2, 0) is 6.42 Å². The van der Waals surface area contributed by atoms with Crippen molar-refractivity contribution in [1.82, 2.24) is 9.97 Å². The summed E-state index contributed by atoms with van der Waals surface area (Å²) in [5, 5.41) is 1.33. The van der Waals surface area contributed by atoms with E-state index in [4.69, 9.17) is 0 Å². The molecule has 3 nitrogen and oxygen atoms in total. The molecule has 0 bridgehead atoms. The Kier molecular flexibility index (Phi) is 4.31. The molecule has 94 valence electrons. The first-order valence-electron chi connectivity index (χ1n) is 6.02. The van der Waals surface area contributed by atoms with Gasteiger partial charge in [0.25, 0.3) is 0 Å². The highest BCUT2D eigenvalue weighted by Gasteiger charge is 2.23. The van der Waals surface area contributed by atoms with Gasteiger partial charge in [0.05, 0.1) is 0 Å². The minimum Gasteiger partial charge on any atom is -0.354 e. The molecule has 0 amide bonds. The molecule has 2 heterocycles. The van der Waals surface area contributed by atoms with Crippen LogP contribution in [0.1, 0.15) is 26.6 Å². The normalized spacial score (nSPS) is 25.1. The highest BCUT2D eigenvalue weighted by atomic mass is 79.9. The molecule has 0 saturated carbocycles. The lowest BCUT2D eigenvalue weighted by molar-refractivity contribution is 0.712. The van der Waals surface area contributed by atoms with Crippen molar-refractivity contribution in [3.05, 3.63) is 16.5 Å². The van der Waals surface area contributed by atoms with Gasteiger partial charge in [0.1, 0.15) is 16.2 Å². The number of aryl methyl sites for hydroxylation is 1. The van der Waals surface area contributed by atoms with Crippen LogP contribution in [-0.4, -0.2) is 33.6 Å². The van der Waals surface area contributed by atoms with Crippen LogP contribution < -0.4 is 4.90 Å². The molecule has 1 aliphatic rings.